The molecule has 0 fully saturated rings. The predicted molar refractivity (Wildman–Crippen MR) is 257 cm³/mol. The van der Waals surface area contributed by atoms with Crippen molar-refractivity contribution in [1.29, 1.82) is 0 Å². The van der Waals surface area contributed by atoms with E-state index in [0.29, 0.717) is 17.6 Å². The smallest absolute Gasteiger partial charge is 0.238 e. The Morgan fingerprint density at radius 1 is 0.387 bits per heavy atom. The van der Waals surface area contributed by atoms with E-state index in [1.54, 1.807) is 11.3 Å². The molecule has 0 N–H and O–H groups in total. The van der Waals surface area contributed by atoms with Crippen LogP contribution in [-0.2, 0) is 0 Å². The number of fused-ring (bicyclic) bond motifs is 13. The van der Waals surface area contributed by atoms with Gasteiger partial charge in [-0.25, -0.2) is 4.98 Å². The number of hydrogen-bond acceptors (Lipinski definition) is 5. The fourth-order valence-electron chi connectivity index (χ4n) is 9.76. The summed E-state index contributed by atoms with van der Waals surface area (Å²) in [6.45, 7) is 0. The Morgan fingerprint density at radius 2 is 0.984 bits per heavy atom. The van der Waals surface area contributed by atoms with Gasteiger partial charge in [-0.1, -0.05) is 115 Å². The number of hydrogen-bond donors (Lipinski definition) is 0. The van der Waals surface area contributed by atoms with Crippen LogP contribution in [0.15, 0.2) is 192 Å². The molecule has 288 valence electrons. The average Bonchev–Trinajstić information content (AvgIpc) is 4.08. The molecule has 14 rings (SSSR count). The van der Waals surface area contributed by atoms with Crippen molar-refractivity contribution < 1.29 is 4.42 Å². The number of rotatable bonds is 4. The van der Waals surface area contributed by atoms with Crippen LogP contribution in [0.2, 0.25) is 0 Å². The zero-order chi connectivity index (χ0) is 40.5. The van der Waals surface area contributed by atoms with Crippen molar-refractivity contribution in [2.45, 2.75) is 0 Å². The second-order valence-electron chi connectivity index (χ2n) is 16.0. The van der Waals surface area contributed by atoms with Crippen LogP contribution < -0.4 is 0 Å². The van der Waals surface area contributed by atoms with Crippen LogP contribution >= 0.6 is 11.3 Å². The van der Waals surface area contributed by atoms with E-state index in [-0.39, 0.29) is 0 Å². The zero-order valence-electron chi connectivity index (χ0n) is 33.0. The summed E-state index contributed by atoms with van der Waals surface area (Å²) in [4.78, 5) is 16.2. The maximum absolute atomic E-state index is 6.84. The highest BCUT2D eigenvalue weighted by atomic mass is 32.1. The molecule has 0 bridgehead atoms. The van der Waals surface area contributed by atoms with Crippen molar-refractivity contribution in [2.24, 2.45) is 0 Å². The van der Waals surface area contributed by atoms with Crippen LogP contribution in [0, 0.1) is 0 Å². The number of nitrogens with zero attached hydrogens (tertiary/aromatic N) is 5. The Balaban J connectivity index is 1.10. The fraction of sp³-hybridized carbons (Fsp3) is 0. The van der Waals surface area contributed by atoms with Crippen molar-refractivity contribution in [3.8, 4) is 34.4 Å². The number of aromatic nitrogens is 5. The lowest BCUT2D eigenvalue weighted by atomic mass is 10.1. The van der Waals surface area contributed by atoms with Crippen LogP contribution in [0.4, 0.5) is 0 Å². The lowest BCUT2D eigenvalue weighted by Gasteiger charge is -2.13. The summed E-state index contributed by atoms with van der Waals surface area (Å²) < 4.78 is 13.9. The molecule has 0 radical (unpaired) electrons. The zero-order valence-corrected chi connectivity index (χ0v) is 33.8. The van der Waals surface area contributed by atoms with Crippen molar-refractivity contribution in [3.05, 3.63) is 188 Å². The molecule has 6 nitrogen and oxygen atoms in total. The summed E-state index contributed by atoms with van der Waals surface area (Å²) in [6.07, 6.45) is 0. The Bertz CT molecular complexity index is 4130. The summed E-state index contributed by atoms with van der Waals surface area (Å²) >= 11 is 1.80. The summed E-state index contributed by atoms with van der Waals surface area (Å²) in [5, 5.41) is 11.5. The van der Waals surface area contributed by atoms with Crippen molar-refractivity contribution in [1.82, 2.24) is 24.1 Å². The highest BCUT2D eigenvalue weighted by Crippen LogP contribution is 2.42. The molecule has 0 spiro atoms. The van der Waals surface area contributed by atoms with E-state index in [1.165, 1.54) is 41.7 Å². The third kappa shape index (κ3) is 4.82. The Morgan fingerprint density at radius 3 is 1.76 bits per heavy atom. The molecule has 5 heterocycles. The van der Waals surface area contributed by atoms with Gasteiger partial charge in [0, 0.05) is 63.7 Å². The molecule has 7 heteroatoms. The Kier molecular flexibility index (Phi) is 6.89. The number of benzene rings is 9. The summed E-state index contributed by atoms with van der Waals surface area (Å²) in [5.74, 6) is 1.65. The second-order valence-corrected chi connectivity index (χ2v) is 17.1. The maximum atomic E-state index is 6.84. The third-order valence-electron chi connectivity index (χ3n) is 12.5. The molecule has 62 heavy (non-hydrogen) atoms. The van der Waals surface area contributed by atoms with Gasteiger partial charge in [-0.3, -0.25) is 4.57 Å². The summed E-state index contributed by atoms with van der Waals surface area (Å²) in [7, 11) is 0. The van der Waals surface area contributed by atoms with Gasteiger partial charge < -0.3 is 8.98 Å². The van der Waals surface area contributed by atoms with E-state index in [1.807, 2.05) is 12.1 Å². The molecule has 0 saturated heterocycles. The first-order valence-corrected chi connectivity index (χ1v) is 21.6. The average molecular weight is 810 g/mol. The first kappa shape index (κ1) is 33.7. The number of para-hydroxylation sites is 4. The lowest BCUT2D eigenvalue weighted by molar-refractivity contribution is 0.669. The van der Waals surface area contributed by atoms with Gasteiger partial charge in [-0.05, 0) is 83.6 Å². The van der Waals surface area contributed by atoms with Gasteiger partial charge in [0.25, 0.3) is 0 Å². The normalized spacial score (nSPS) is 12.2. The molecule has 0 saturated carbocycles. The van der Waals surface area contributed by atoms with Crippen molar-refractivity contribution in [2.75, 3.05) is 0 Å². The molecular formula is C55H31N5OS. The van der Waals surface area contributed by atoms with E-state index in [4.69, 9.17) is 19.4 Å². The number of furan rings is 1. The quantitative estimate of drug-likeness (QED) is 0.178. The highest BCUT2D eigenvalue weighted by molar-refractivity contribution is 7.25. The minimum absolute atomic E-state index is 0.527. The predicted octanol–water partition coefficient (Wildman–Crippen LogP) is 14.8. The first-order chi connectivity index (χ1) is 30.7. The van der Waals surface area contributed by atoms with Crippen LogP contribution in [0.1, 0.15) is 0 Å². The lowest BCUT2D eigenvalue weighted by Crippen LogP contribution is -2.07. The molecule has 0 aliphatic carbocycles. The van der Waals surface area contributed by atoms with E-state index >= 15 is 0 Å². The van der Waals surface area contributed by atoms with Gasteiger partial charge in [-0.15, -0.1) is 11.3 Å². The highest BCUT2D eigenvalue weighted by Gasteiger charge is 2.23. The largest absolute Gasteiger partial charge is 0.455 e. The third-order valence-corrected chi connectivity index (χ3v) is 13.7. The standard InChI is InChI=1S/C55H31N5OS/c1-2-14-33-29-48-41(27-32(33)13-1)38-17-5-8-20-45(38)59(48)35-30-43-39-18-6-11-23-49(39)61-52(43)44(31-35)54-56-53(34-25-26-51-42(28-34)40-19-7-12-24-50(40)62-51)57-55(58-54)60-46-21-9-3-15-36(46)37-16-4-10-22-47(37)60/h1-31H. The minimum atomic E-state index is 0.527. The maximum Gasteiger partial charge on any atom is 0.238 e. The van der Waals surface area contributed by atoms with Crippen LogP contribution in [0.25, 0.3) is 131 Å². The van der Waals surface area contributed by atoms with Crippen LogP contribution in [-0.4, -0.2) is 24.1 Å². The van der Waals surface area contributed by atoms with E-state index < -0.39 is 0 Å². The molecule has 14 aromatic rings. The SMILES string of the molecule is c1ccc2cc3c(cc2c1)c1ccccc1n3-c1cc(-c2nc(-c3ccc4sc5ccccc5c4c3)nc(-n3c4ccccc4c4ccccc43)n2)c2oc3ccccc3c2c1. The van der Waals surface area contributed by atoms with Gasteiger partial charge >= 0.3 is 0 Å². The van der Waals surface area contributed by atoms with Gasteiger partial charge in [0.2, 0.25) is 5.95 Å². The van der Waals surface area contributed by atoms with E-state index in [9.17, 15) is 0 Å². The van der Waals surface area contributed by atoms with E-state index in [0.717, 1.165) is 71.6 Å². The monoisotopic (exact) mass is 809 g/mol. The topological polar surface area (TPSA) is 61.7 Å². The Labute approximate surface area is 357 Å². The van der Waals surface area contributed by atoms with Gasteiger partial charge in [0.1, 0.15) is 11.2 Å². The second kappa shape index (κ2) is 12.7. The molecule has 0 aliphatic rings. The summed E-state index contributed by atoms with van der Waals surface area (Å²) in [6, 6.07) is 66.7. The van der Waals surface area contributed by atoms with E-state index in [2.05, 4.69) is 185 Å². The summed E-state index contributed by atoms with van der Waals surface area (Å²) in [5.41, 5.74) is 8.52. The molecule has 9 aromatic carbocycles. The van der Waals surface area contributed by atoms with Crippen LogP contribution in [0.3, 0.4) is 0 Å². The molecule has 0 aliphatic heterocycles. The van der Waals surface area contributed by atoms with Crippen molar-refractivity contribution in [3.63, 3.8) is 0 Å². The molecule has 0 amide bonds. The van der Waals surface area contributed by atoms with Gasteiger partial charge in [0.05, 0.1) is 27.6 Å². The molecular weight excluding hydrogens is 779 g/mol. The molecule has 5 aromatic heterocycles. The van der Waals surface area contributed by atoms with Gasteiger partial charge in [0.15, 0.2) is 11.6 Å². The minimum Gasteiger partial charge on any atom is -0.455 e. The van der Waals surface area contributed by atoms with Crippen LogP contribution in [0.5, 0.6) is 0 Å². The van der Waals surface area contributed by atoms with Crippen molar-refractivity contribution >= 4 is 108 Å². The fourth-order valence-corrected chi connectivity index (χ4v) is 10.8. The first-order valence-electron chi connectivity index (χ1n) is 20.8. The molecule has 0 atom stereocenters. The molecule has 0 unspecified atom stereocenters. The number of thiophene rings is 1. The Hall–Kier alpha value is -8.13. The van der Waals surface area contributed by atoms with Gasteiger partial charge in [-0.2, -0.15) is 9.97 Å².